The number of hydrogen-bond acceptors (Lipinski definition) is 3. The zero-order valence-corrected chi connectivity index (χ0v) is 11.4. The number of allylic oxidation sites excluding steroid dienone is 1. The standard InChI is InChI=1S/C15H14F2N2O2/c1-2-19-10-9-13(18-19)14(20)8-5-11-3-6-12(7-4-11)21-15(16)17/h3-10,15H,2H2,1H3/b8-5+. The van der Waals surface area contributed by atoms with Crippen LogP contribution in [0.5, 0.6) is 5.75 Å². The summed E-state index contributed by atoms with van der Waals surface area (Å²) in [6, 6.07) is 7.66. The fraction of sp³-hybridized carbons (Fsp3) is 0.200. The third-order valence-electron chi connectivity index (χ3n) is 2.75. The van der Waals surface area contributed by atoms with Gasteiger partial charge in [-0.25, -0.2) is 0 Å². The van der Waals surface area contributed by atoms with E-state index in [0.29, 0.717) is 17.8 Å². The third kappa shape index (κ3) is 4.24. The van der Waals surface area contributed by atoms with Crippen molar-refractivity contribution in [1.29, 1.82) is 0 Å². The van der Waals surface area contributed by atoms with Crippen LogP contribution >= 0.6 is 0 Å². The van der Waals surface area contributed by atoms with Crippen LogP contribution < -0.4 is 4.74 Å². The van der Waals surface area contributed by atoms with Gasteiger partial charge in [0, 0.05) is 12.7 Å². The topological polar surface area (TPSA) is 44.1 Å². The van der Waals surface area contributed by atoms with Crippen molar-refractivity contribution in [1.82, 2.24) is 9.78 Å². The molecule has 2 rings (SSSR count). The highest BCUT2D eigenvalue weighted by Gasteiger charge is 2.06. The number of hydrogen-bond donors (Lipinski definition) is 0. The van der Waals surface area contributed by atoms with Crippen molar-refractivity contribution in [2.45, 2.75) is 20.1 Å². The van der Waals surface area contributed by atoms with E-state index < -0.39 is 6.61 Å². The molecule has 1 heterocycles. The summed E-state index contributed by atoms with van der Waals surface area (Å²) in [5, 5.41) is 4.10. The second-order valence-electron chi connectivity index (χ2n) is 4.20. The van der Waals surface area contributed by atoms with Crippen molar-refractivity contribution >= 4 is 11.9 Å². The fourth-order valence-corrected chi connectivity index (χ4v) is 1.69. The molecule has 0 N–H and O–H groups in total. The molecule has 0 atom stereocenters. The highest BCUT2D eigenvalue weighted by atomic mass is 19.3. The second-order valence-corrected chi connectivity index (χ2v) is 4.20. The summed E-state index contributed by atoms with van der Waals surface area (Å²) in [4.78, 5) is 11.9. The molecule has 0 unspecified atom stereocenters. The van der Waals surface area contributed by atoms with Crippen molar-refractivity contribution in [3.63, 3.8) is 0 Å². The number of alkyl halides is 2. The normalized spacial score (nSPS) is 11.2. The average molecular weight is 292 g/mol. The van der Waals surface area contributed by atoms with Crippen LogP contribution in [0.25, 0.3) is 6.08 Å². The Hall–Kier alpha value is -2.50. The third-order valence-corrected chi connectivity index (χ3v) is 2.75. The summed E-state index contributed by atoms with van der Waals surface area (Å²) in [5.41, 5.74) is 1.07. The van der Waals surface area contributed by atoms with Crippen LogP contribution in [0.1, 0.15) is 23.0 Å². The predicted molar refractivity (Wildman–Crippen MR) is 74.3 cm³/mol. The largest absolute Gasteiger partial charge is 0.435 e. The average Bonchev–Trinajstić information content (AvgIpc) is 2.94. The van der Waals surface area contributed by atoms with Crippen LogP contribution in [0.3, 0.4) is 0 Å². The number of halogens is 2. The minimum atomic E-state index is -2.85. The van der Waals surface area contributed by atoms with Gasteiger partial charge in [-0.05, 0) is 36.8 Å². The zero-order chi connectivity index (χ0) is 15.2. The van der Waals surface area contributed by atoms with Crippen molar-refractivity contribution in [2.24, 2.45) is 0 Å². The number of ketones is 1. The maximum atomic E-state index is 12.0. The second kappa shape index (κ2) is 6.78. The molecule has 21 heavy (non-hydrogen) atoms. The lowest BCUT2D eigenvalue weighted by atomic mass is 10.1. The highest BCUT2D eigenvalue weighted by Crippen LogP contribution is 2.15. The minimum Gasteiger partial charge on any atom is -0.435 e. The number of ether oxygens (including phenoxy) is 1. The Labute approximate surface area is 120 Å². The Bertz CT molecular complexity index is 633. The molecule has 0 amide bonds. The Balaban J connectivity index is 2.01. The van der Waals surface area contributed by atoms with E-state index in [0.717, 1.165) is 0 Å². The van der Waals surface area contributed by atoms with Gasteiger partial charge < -0.3 is 4.74 Å². The molecule has 0 aliphatic rings. The number of aryl methyl sites for hydroxylation is 1. The monoisotopic (exact) mass is 292 g/mol. The van der Waals surface area contributed by atoms with E-state index >= 15 is 0 Å². The van der Waals surface area contributed by atoms with Crippen LogP contribution in [0, 0.1) is 0 Å². The molecule has 1 aromatic heterocycles. The lowest BCUT2D eigenvalue weighted by Crippen LogP contribution is -2.01. The van der Waals surface area contributed by atoms with E-state index in [4.69, 9.17) is 0 Å². The van der Waals surface area contributed by atoms with Crippen LogP contribution in [-0.4, -0.2) is 22.2 Å². The summed E-state index contributed by atoms with van der Waals surface area (Å²) in [6.07, 6.45) is 4.72. The molecule has 0 aliphatic carbocycles. The van der Waals surface area contributed by atoms with E-state index in [9.17, 15) is 13.6 Å². The number of nitrogens with zero attached hydrogens (tertiary/aromatic N) is 2. The van der Waals surface area contributed by atoms with Gasteiger partial charge in [0.05, 0.1) is 0 Å². The Kier molecular flexibility index (Phi) is 4.81. The van der Waals surface area contributed by atoms with E-state index in [1.165, 1.54) is 18.2 Å². The molecular weight excluding hydrogens is 278 g/mol. The van der Waals surface area contributed by atoms with Gasteiger partial charge in [0.1, 0.15) is 11.4 Å². The molecule has 0 aliphatic heterocycles. The molecule has 6 heteroatoms. The molecule has 0 saturated heterocycles. The van der Waals surface area contributed by atoms with Gasteiger partial charge in [-0.15, -0.1) is 0 Å². The summed E-state index contributed by atoms with van der Waals surface area (Å²) in [7, 11) is 0. The first-order valence-corrected chi connectivity index (χ1v) is 6.39. The van der Waals surface area contributed by atoms with E-state index in [2.05, 4.69) is 9.84 Å². The maximum absolute atomic E-state index is 12.0. The molecular formula is C15H14F2N2O2. The first kappa shape index (κ1) is 14.9. The van der Waals surface area contributed by atoms with Crippen LogP contribution in [0.4, 0.5) is 8.78 Å². The van der Waals surface area contributed by atoms with Crippen LogP contribution in [0.15, 0.2) is 42.6 Å². The van der Waals surface area contributed by atoms with Gasteiger partial charge in [0.15, 0.2) is 0 Å². The quantitative estimate of drug-likeness (QED) is 0.605. The molecule has 0 radical (unpaired) electrons. The van der Waals surface area contributed by atoms with Crippen molar-refractivity contribution in [3.05, 3.63) is 53.9 Å². The lowest BCUT2D eigenvalue weighted by Gasteiger charge is -2.03. The van der Waals surface area contributed by atoms with Gasteiger partial charge >= 0.3 is 6.61 Å². The SMILES string of the molecule is CCn1ccc(C(=O)/C=C/c2ccc(OC(F)F)cc2)n1. The molecule has 1 aromatic carbocycles. The fourth-order valence-electron chi connectivity index (χ4n) is 1.69. The summed E-state index contributed by atoms with van der Waals surface area (Å²) >= 11 is 0. The van der Waals surface area contributed by atoms with Crippen LogP contribution in [0.2, 0.25) is 0 Å². The zero-order valence-electron chi connectivity index (χ0n) is 11.4. The van der Waals surface area contributed by atoms with Gasteiger partial charge in [0.25, 0.3) is 0 Å². The van der Waals surface area contributed by atoms with Gasteiger partial charge in [-0.1, -0.05) is 18.2 Å². The molecule has 0 spiro atoms. The van der Waals surface area contributed by atoms with E-state index in [1.54, 1.807) is 35.2 Å². The van der Waals surface area contributed by atoms with Crippen LogP contribution in [-0.2, 0) is 6.54 Å². The van der Waals surface area contributed by atoms with Crippen molar-refractivity contribution in [2.75, 3.05) is 0 Å². The van der Waals surface area contributed by atoms with E-state index in [-0.39, 0.29) is 11.5 Å². The number of benzene rings is 1. The first-order valence-electron chi connectivity index (χ1n) is 6.39. The number of aromatic nitrogens is 2. The number of carbonyl (C=O) groups excluding carboxylic acids is 1. The number of rotatable bonds is 6. The molecule has 2 aromatic rings. The molecule has 0 fully saturated rings. The summed E-state index contributed by atoms with van der Waals surface area (Å²) < 4.78 is 29.9. The Morgan fingerprint density at radius 1 is 1.33 bits per heavy atom. The molecule has 110 valence electrons. The smallest absolute Gasteiger partial charge is 0.387 e. The Morgan fingerprint density at radius 2 is 2.05 bits per heavy atom. The Morgan fingerprint density at radius 3 is 2.62 bits per heavy atom. The van der Waals surface area contributed by atoms with Gasteiger partial charge in [0.2, 0.25) is 5.78 Å². The molecule has 0 saturated carbocycles. The minimum absolute atomic E-state index is 0.0789. The van der Waals surface area contributed by atoms with Gasteiger partial charge in [-0.3, -0.25) is 9.48 Å². The molecule has 4 nitrogen and oxygen atoms in total. The predicted octanol–water partition coefficient (Wildman–Crippen LogP) is 3.40. The summed E-state index contributed by atoms with van der Waals surface area (Å²) in [6.45, 7) is -0.218. The summed E-state index contributed by atoms with van der Waals surface area (Å²) in [5.74, 6) is -0.134. The molecule has 0 bridgehead atoms. The van der Waals surface area contributed by atoms with Gasteiger partial charge in [-0.2, -0.15) is 13.9 Å². The highest BCUT2D eigenvalue weighted by molar-refractivity contribution is 6.05. The lowest BCUT2D eigenvalue weighted by molar-refractivity contribution is -0.0498. The first-order chi connectivity index (χ1) is 10.1. The van der Waals surface area contributed by atoms with E-state index in [1.807, 2.05) is 6.92 Å². The van der Waals surface area contributed by atoms with Crippen molar-refractivity contribution in [3.8, 4) is 5.75 Å². The number of carbonyl (C=O) groups is 1. The maximum Gasteiger partial charge on any atom is 0.387 e. The van der Waals surface area contributed by atoms with Crippen molar-refractivity contribution < 1.29 is 18.3 Å².